The van der Waals surface area contributed by atoms with E-state index in [9.17, 15) is 0 Å². The van der Waals surface area contributed by atoms with E-state index in [0.717, 1.165) is 0 Å². The average molecular weight is 210 g/mol. The topological polar surface area (TPSA) is 45.0 Å². The fourth-order valence-electron chi connectivity index (χ4n) is 2.27. The molecule has 3 atom stereocenters. The van der Waals surface area contributed by atoms with Crippen LogP contribution in [0.1, 0.15) is 39.0 Å². The zero-order valence-corrected chi connectivity index (χ0v) is 9.83. The number of nitrogens with one attached hydrogen (secondary N) is 1. The Morgan fingerprint density at radius 1 is 1.47 bits per heavy atom. The van der Waals surface area contributed by atoms with Gasteiger partial charge in [-0.25, -0.2) is 0 Å². The minimum Gasteiger partial charge on any atom is -0.375 e. The van der Waals surface area contributed by atoms with Crippen molar-refractivity contribution in [1.82, 2.24) is 5.32 Å². The molecule has 0 aliphatic heterocycles. The summed E-state index contributed by atoms with van der Waals surface area (Å²) in [4.78, 5) is 0. The van der Waals surface area contributed by atoms with Crippen molar-refractivity contribution in [3.05, 3.63) is 0 Å². The van der Waals surface area contributed by atoms with Gasteiger partial charge >= 0.3 is 0 Å². The van der Waals surface area contributed by atoms with Crippen LogP contribution in [0.3, 0.4) is 0 Å². The first-order valence-electron chi connectivity index (χ1n) is 6.00. The SMILES string of the molecule is CCC1CCCCC1OCC(C#N)NC. The average Bonchev–Trinajstić information content (AvgIpc) is 2.31. The van der Waals surface area contributed by atoms with Crippen molar-refractivity contribution in [2.45, 2.75) is 51.2 Å². The molecule has 0 aromatic carbocycles. The molecule has 3 unspecified atom stereocenters. The van der Waals surface area contributed by atoms with Gasteiger partial charge in [0.15, 0.2) is 0 Å². The summed E-state index contributed by atoms with van der Waals surface area (Å²) in [7, 11) is 1.80. The van der Waals surface area contributed by atoms with Crippen molar-refractivity contribution < 1.29 is 4.74 Å². The number of likely N-dealkylation sites (N-methyl/N-ethyl adjacent to an activating group) is 1. The van der Waals surface area contributed by atoms with E-state index >= 15 is 0 Å². The summed E-state index contributed by atoms with van der Waals surface area (Å²) >= 11 is 0. The Morgan fingerprint density at radius 2 is 2.20 bits per heavy atom. The molecular weight excluding hydrogens is 188 g/mol. The predicted molar refractivity (Wildman–Crippen MR) is 60.4 cm³/mol. The number of nitriles is 1. The molecule has 1 N–H and O–H groups in total. The monoisotopic (exact) mass is 210 g/mol. The number of ether oxygens (including phenoxy) is 1. The highest BCUT2D eigenvalue weighted by molar-refractivity contribution is 4.89. The number of hydrogen-bond acceptors (Lipinski definition) is 3. The molecule has 0 spiro atoms. The van der Waals surface area contributed by atoms with Gasteiger partial charge in [-0.1, -0.05) is 26.2 Å². The highest BCUT2D eigenvalue weighted by Crippen LogP contribution is 2.29. The fraction of sp³-hybridized carbons (Fsp3) is 0.917. The molecule has 0 saturated heterocycles. The van der Waals surface area contributed by atoms with E-state index in [0.29, 0.717) is 18.6 Å². The highest BCUT2D eigenvalue weighted by Gasteiger charge is 2.24. The second-order valence-corrected chi connectivity index (χ2v) is 4.29. The highest BCUT2D eigenvalue weighted by atomic mass is 16.5. The number of nitrogens with zero attached hydrogens (tertiary/aromatic N) is 1. The van der Waals surface area contributed by atoms with E-state index in [1.807, 2.05) is 0 Å². The maximum absolute atomic E-state index is 8.79. The molecule has 3 nitrogen and oxygen atoms in total. The van der Waals surface area contributed by atoms with Crippen LogP contribution >= 0.6 is 0 Å². The van der Waals surface area contributed by atoms with Gasteiger partial charge in [0.05, 0.1) is 18.8 Å². The summed E-state index contributed by atoms with van der Waals surface area (Å²) in [6, 6.07) is 2.03. The third-order valence-corrected chi connectivity index (χ3v) is 3.34. The lowest BCUT2D eigenvalue weighted by molar-refractivity contribution is -0.0156. The number of hydrogen-bond donors (Lipinski definition) is 1. The van der Waals surface area contributed by atoms with Crippen molar-refractivity contribution in [2.24, 2.45) is 5.92 Å². The van der Waals surface area contributed by atoms with Crippen molar-refractivity contribution in [3.8, 4) is 6.07 Å². The van der Waals surface area contributed by atoms with Crippen molar-refractivity contribution >= 4 is 0 Å². The molecule has 0 radical (unpaired) electrons. The summed E-state index contributed by atoms with van der Waals surface area (Å²) in [5, 5.41) is 11.7. The Morgan fingerprint density at radius 3 is 2.80 bits per heavy atom. The third-order valence-electron chi connectivity index (χ3n) is 3.34. The van der Waals surface area contributed by atoms with Gasteiger partial charge in [0.25, 0.3) is 0 Å². The molecule has 1 saturated carbocycles. The van der Waals surface area contributed by atoms with Crippen LogP contribution in [-0.4, -0.2) is 25.8 Å². The van der Waals surface area contributed by atoms with Crippen LogP contribution in [0.15, 0.2) is 0 Å². The summed E-state index contributed by atoms with van der Waals surface area (Å²) in [6.45, 7) is 2.75. The summed E-state index contributed by atoms with van der Waals surface area (Å²) in [6.07, 6.45) is 6.65. The Kier molecular flexibility index (Phi) is 5.67. The van der Waals surface area contributed by atoms with Crippen molar-refractivity contribution in [2.75, 3.05) is 13.7 Å². The van der Waals surface area contributed by atoms with Crippen LogP contribution in [0.5, 0.6) is 0 Å². The maximum Gasteiger partial charge on any atom is 0.119 e. The first-order chi connectivity index (χ1) is 7.31. The van der Waals surface area contributed by atoms with Crippen molar-refractivity contribution in [1.29, 1.82) is 5.26 Å². The van der Waals surface area contributed by atoms with Gasteiger partial charge < -0.3 is 10.1 Å². The standard InChI is InChI=1S/C12H22N2O/c1-3-10-6-4-5-7-12(10)15-9-11(8-13)14-2/h10-12,14H,3-7,9H2,1-2H3. The van der Waals surface area contributed by atoms with Gasteiger partial charge in [0, 0.05) is 0 Å². The molecule has 0 amide bonds. The molecule has 3 heteroatoms. The summed E-state index contributed by atoms with van der Waals surface area (Å²) in [5.41, 5.74) is 0. The smallest absolute Gasteiger partial charge is 0.119 e. The van der Waals surface area contributed by atoms with E-state index in [4.69, 9.17) is 10.00 Å². The Balaban J connectivity index is 2.32. The molecule has 0 aromatic heterocycles. The van der Waals surface area contributed by atoms with E-state index in [-0.39, 0.29) is 6.04 Å². The lowest BCUT2D eigenvalue weighted by atomic mass is 9.85. The van der Waals surface area contributed by atoms with E-state index in [1.165, 1.54) is 32.1 Å². The van der Waals surface area contributed by atoms with E-state index < -0.39 is 0 Å². The van der Waals surface area contributed by atoms with Crippen LogP contribution in [0.25, 0.3) is 0 Å². The van der Waals surface area contributed by atoms with E-state index in [2.05, 4.69) is 18.3 Å². The Bertz CT molecular complexity index is 212. The molecule has 0 bridgehead atoms. The minimum atomic E-state index is -0.163. The summed E-state index contributed by atoms with van der Waals surface area (Å²) in [5.74, 6) is 0.704. The lowest BCUT2D eigenvalue weighted by Gasteiger charge is -2.31. The maximum atomic E-state index is 8.79. The Hall–Kier alpha value is -0.590. The van der Waals surface area contributed by atoms with Crippen LogP contribution < -0.4 is 5.32 Å². The Labute approximate surface area is 92.8 Å². The fourth-order valence-corrected chi connectivity index (χ4v) is 2.27. The molecular formula is C12H22N2O. The van der Waals surface area contributed by atoms with Crippen LogP contribution in [0, 0.1) is 17.2 Å². The van der Waals surface area contributed by atoms with Gasteiger partial charge in [0.1, 0.15) is 6.04 Å². The largest absolute Gasteiger partial charge is 0.375 e. The molecule has 1 aliphatic carbocycles. The third kappa shape index (κ3) is 3.81. The minimum absolute atomic E-state index is 0.163. The predicted octanol–water partition coefficient (Wildman–Crippen LogP) is 2.08. The molecule has 0 heterocycles. The first-order valence-corrected chi connectivity index (χ1v) is 6.00. The van der Waals surface area contributed by atoms with Gasteiger partial charge in [0.2, 0.25) is 0 Å². The number of rotatable bonds is 5. The van der Waals surface area contributed by atoms with Crippen molar-refractivity contribution in [3.63, 3.8) is 0 Å². The molecule has 1 aliphatic rings. The van der Waals surface area contributed by atoms with Gasteiger partial charge in [-0.15, -0.1) is 0 Å². The normalized spacial score (nSPS) is 28.3. The lowest BCUT2D eigenvalue weighted by Crippen LogP contribution is -2.34. The zero-order valence-electron chi connectivity index (χ0n) is 9.83. The second-order valence-electron chi connectivity index (χ2n) is 4.29. The van der Waals surface area contributed by atoms with Crippen LogP contribution in [-0.2, 0) is 4.74 Å². The van der Waals surface area contributed by atoms with E-state index in [1.54, 1.807) is 7.05 Å². The molecule has 1 fully saturated rings. The zero-order chi connectivity index (χ0) is 11.1. The molecule has 0 aromatic rings. The second kappa shape index (κ2) is 6.81. The first kappa shape index (κ1) is 12.5. The van der Waals surface area contributed by atoms with Gasteiger partial charge in [-0.2, -0.15) is 5.26 Å². The van der Waals surface area contributed by atoms with Gasteiger partial charge in [-0.05, 0) is 25.8 Å². The van der Waals surface area contributed by atoms with Crippen LogP contribution in [0.4, 0.5) is 0 Å². The van der Waals surface area contributed by atoms with Gasteiger partial charge in [-0.3, -0.25) is 0 Å². The molecule has 86 valence electrons. The quantitative estimate of drug-likeness (QED) is 0.755. The summed E-state index contributed by atoms with van der Waals surface area (Å²) < 4.78 is 5.85. The molecule has 1 rings (SSSR count). The molecule has 15 heavy (non-hydrogen) atoms. The van der Waals surface area contributed by atoms with Crippen LogP contribution in [0.2, 0.25) is 0 Å².